The lowest BCUT2D eigenvalue weighted by molar-refractivity contribution is 0.522. The molecule has 0 saturated carbocycles. The van der Waals surface area contributed by atoms with Crippen molar-refractivity contribution < 1.29 is 0 Å². The van der Waals surface area contributed by atoms with Crippen LogP contribution in [0.15, 0.2) is 12.5 Å². The highest BCUT2D eigenvalue weighted by Gasteiger charge is 1.97. The molecule has 1 aromatic heterocycles. The normalized spacial score (nSPS) is 10.9. The lowest BCUT2D eigenvalue weighted by atomic mass is 10.2. The van der Waals surface area contributed by atoms with Gasteiger partial charge < -0.3 is 10.3 Å². The van der Waals surface area contributed by atoms with Gasteiger partial charge in [0.2, 0.25) is 0 Å². The van der Waals surface area contributed by atoms with Crippen LogP contribution in [0.3, 0.4) is 0 Å². The Hall–Kier alpha value is -0.830. The SMILES string of the molecule is CC(C)Cn1cnc(CN)c1. The highest BCUT2D eigenvalue weighted by atomic mass is 15.0. The molecule has 3 heteroatoms. The Balaban J connectivity index is 2.58. The highest BCUT2D eigenvalue weighted by molar-refractivity contribution is 4.95. The Morgan fingerprint density at radius 2 is 2.36 bits per heavy atom. The molecule has 0 aromatic carbocycles. The molecule has 0 aliphatic heterocycles. The van der Waals surface area contributed by atoms with Gasteiger partial charge in [0.15, 0.2) is 0 Å². The van der Waals surface area contributed by atoms with Crippen molar-refractivity contribution in [1.29, 1.82) is 0 Å². The average Bonchev–Trinajstić information content (AvgIpc) is 2.34. The van der Waals surface area contributed by atoms with Crippen molar-refractivity contribution in [2.45, 2.75) is 26.9 Å². The fourth-order valence-electron chi connectivity index (χ4n) is 1.03. The van der Waals surface area contributed by atoms with Gasteiger partial charge in [0.05, 0.1) is 12.0 Å². The molecule has 0 aliphatic carbocycles. The number of nitrogens with zero attached hydrogens (tertiary/aromatic N) is 2. The summed E-state index contributed by atoms with van der Waals surface area (Å²) in [6.07, 6.45) is 3.84. The van der Waals surface area contributed by atoms with E-state index in [9.17, 15) is 0 Å². The standard InChI is InChI=1S/C8H15N3/c1-7(2)4-11-5-8(3-9)10-6-11/h5-7H,3-4,9H2,1-2H3. The van der Waals surface area contributed by atoms with Crippen molar-refractivity contribution in [3.05, 3.63) is 18.2 Å². The number of imidazole rings is 1. The van der Waals surface area contributed by atoms with Crippen LogP contribution in [0.1, 0.15) is 19.5 Å². The molecule has 0 unspecified atom stereocenters. The van der Waals surface area contributed by atoms with Gasteiger partial charge in [0, 0.05) is 19.3 Å². The summed E-state index contributed by atoms with van der Waals surface area (Å²) in [7, 11) is 0. The van der Waals surface area contributed by atoms with Crippen LogP contribution in [-0.4, -0.2) is 9.55 Å². The summed E-state index contributed by atoms with van der Waals surface area (Å²) in [6, 6.07) is 0. The minimum absolute atomic E-state index is 0.533. The second-order valence-corrected chi connectivity index (χ2v) is 3.16. The van der Waals surface area contributed by atoms with Crippen molar-refractivity contribution in [1.82, 2.24) is 9.55 Å². The molecule has 0 amide bonds. The summed E-state index contributed by atoms with van der Waals surface area (Å²) in [5.41, 5.74) is 6.38. The first-order valence-electron chi connectivity index (χ1n) is 3.93. The molecule has 1 aromatic rings. The van der Waals surface area contributed by atoms with Crippen LogP contribution in [0.5, 0.6) is 0 Å². The molecule has 0 spiro atoms. The van der Waals surface area contributed by atoms with E-state index in [4.69, 9.17) is 5.73 Å². The van der Waals surface area contributed by atoms with E-state index in [1.54, 1.807) is 0 Å². The fourth-order valence-corrected chi connectivity index (χ4v) is 1.03. The molecule has 0 radical (unpaired) electrons. The van der Waals surface area contributed by atoms with Crippen molar-refractivity contribution in [3.63, 3.8) is 0 Å². The molecule has 0 fully saturated rings. The Bertz CT molecular complexity index is 215. The molecule has 11 heavy (non-hydrogen) atoms. The summed E-state index contributed by atoms with van der Waals surface area (Å²) in [5, 5.41) is 0. The zero-order chi connectivity index (χ0) is 8.27. The van der Waals surface area contributed by atoms with Gasteiger partial charge in [-0.15, -0.1) is 0 Å². The number of nitrogens with two attached hydrogens (primary N) is 1. The molecule has 1 heterocycles. The molecule has 0 saturated heterocycles. The van der Waals surface area contributed by atoms with Gasteiger partial charge in [-0.3, -0.25) is 0 Å². The van der Waals surface area contributed by atoms with E-state index in [2.05, 4.69) is 23.4 Å². The number of hydrogen-bond donors (Lipinski definition) is 1. The minimum Gasteiger partial charge on any atom is -0.337 e. The van der Waals surface area contributed by atoms with E-state index in [0.29, 0.717) is 12.5 Å². The Kier molecular flexibility index (Phi) is 2.65. The third-order valence-electron chi connectivity index (χ3n) is 1.47. The topological polar surface area (TPSA) is 43.8 Å². The van der Waals surface area contributed by atoms with Crippen LogP contribution in [0, 0.1) is 5.92 Å². The van der Waals surface area contributed by atoms with Crippen LogP contribution in [-0.2, 0) is 13.1 Å². The summed E-state index contributed by atoms with van der Waals surface area (Å²) in [5.74, 6) is 0.662. The predicted molar refractivity (Wildman–Crippen MR) is 45.0 cm³/mol. The number of hydrogen-bond acceptors (Lipinski definition) is 2. The fraction of sp³-hybridized carbons (Fsp3) is 0.625. The summed E-state index contributed by atoms with van der Waals surface area (Å²) >= 11 is 0. The molecule has 62 valence electrons. The summed E-state index contributed by atoms with van der Waals surface area (Å²) in [6.45, 7) is 5.92. The highest BCUT2D eigenvalue weighted by Crippen LogP contribution is 2.00. The second-order valence-electron chi connectivity index (χ2n) is 3.16. The van der Waals surface area contributed by atoms with Gasteiger partial charge in [-0.2, -0.15) is 0 Å². The lowest BCUT2D eigenvalue weighted by Gasteiger charge is -2.03. The van der Waals surface area contributed by atoms with Crippen LogP contribution in [0.4, 0.5) is 0 Å². The van der Waals surface area contributed by atoms with E-state index < -0.39 is 0 Å². The first-order chi connectivity index (χ1) is 5.22. The molecule has 0 aliphatic rings. The van der Waals surface area contributed by atoms with E-state index in [1.807, 2.05) is 12.5 Å². The monoisotopic (exact) mass is 153 g/mol. The predicted octanol–water partition coefficient (Wildman–Crippen LogP) is 0.998. The van der Waals surface area contributed by atoms with E-state index >= 15 is 0 Å². The third-order valence-corrected chi connectivity index (χ3v) is 1.47. The van der Waals surface area contributed by atoms with Crippen LogP contribution in [0.2, 0.25) is 0 Å². The van der Waals surface area contributed by atoms with Gasteiger partial charge in [-0.05, 0) is 5.92 Å². The van der Waals surface area contributed by atoms with Crippen molar-refractivity contribution >= 4 is 0 Å². The van der Waals surface area contributed by atoms with E-state index in [0.717, 1.165) is 12.2 Å². The Labute approximate surface area is 67.2 Å². The van der Waals surface area contributed by atoms with Gasteiger partial charge in [-0.1, -0.05) is 13.8 Å². The molecular weight excluding hydrogens is 138 g/mol. The lowest BCUT2D eigenvalue weighted by Crippen LogP contribution is -2.01. The van der Waals surface area contributed by atoms with Crippen molar-refractivity contribution in [3.8, 4) is 0 Å². The second kappa shape index (κ2) is 3.53. The maximum Gasteiger partial charge on any atom is 0.0950 e. The molecular formula is C8H15N3. The third kappa shape index (κ3) is 2.35. The van der Waals surface area contributed by atoms with Crippen LogP contribution in [0.25, 0.3) is 0 Å². The Morgan fingerprint density at radius 3 is 2.82 bits per heavy atom. The summed E-state index contributed by atoms with van der Waals surface area (Å²) in [4.78, 5) is 4.13. The van der Waals surface area contributed by atoms with Crippen molar-refractivity contribution in [2.75, 3.05) is 0 Å². The first kappa shape index (κ1) is 8.27. The number of rotatable bonds is 3. The van der Waals surface area contributed by atoms with Gasteiger partial charge in [0.25, 0.3) is 0 Å². The smallest absolute Gasteiger partial charge is 0.0950 e. The van der Waals surface area contributed by atoms with E-state index in [-0.39, 0.29) is 0 Å². The van der Waals surface area contributed by atoms with Gasteiger partial charge >= 0.3 is 0 Å². The van der Waals surface area contributed by atoms with Crippen LogP contribution < -0.4 is 5.73 Å². The zero-order valence-corrected chi connectivity index (χ0v) is 7.12. The zero-order valence-electron chi connectivity index (χ0n) is 7.12. The molecule has 3 nitrogen and oxygen atoms in total. The first-order valence-corrected chi connectivity index (χ1v) is 3.93. The maximum atomic E-state index is 5.42. The Morgan fingerprint density at radius 1 is 1.64 bits per heavy atom. The van der Waals surface area contributed by atoms with Gasteiger partial charge in [0.1, 0.15) is 0 Å². The molecule has 1 rings (SSSR count). The molecule has 0 atom stereocenters. The maximum absolute atomic E-state index is 5.42. The van der Waals surface area contributed by atoms with Crippen LogP contribution >= 0.6 is 0 Å². The minimum atomic E-state index is 0.533. The quantitative estimate of drug-likeness (QED) is 0.704. The van der Waals surface area contributed by atoms with Gasteiger partial charge in [-0.25, -0.2) is 4.98 Å². The molecule has 2 N–H and O–H groups in total. The summed E-state index contributed by atoms with van der Waals surface area (Å²) < 4.78 is 2.08. The van der Waals surface area contributed by atoms with E-state index in [1.165, 1.54) is 0 Å². The largest absolute Gasteiger partial charge is 0.337 e. The number of aromatic nitrogens is 2. The van der Waals surface area contributed by atoms with Crippen molar-refractivity contribution in [2.24, 2.45) is 11.7 Å². The average molecular weight is 153 g/mol. The molecule has 0 bridgehead atoms.